The highest BCUT2D eigenvalue weighted by molar-refractivity contribution is 5.55. The molecule has 0 atom stereocenters. The van der Waals surface area contributed by atoms with E-state index in [0.29, 0.717) is 17.5 Å². The van der Waals surface area contributed by atoms with Crippen molar-refractivity contribution in [2.24, 2.45) is 0 Å². The van der Waals surface area contributed by atoms with Gasteiger partial charge < -0.3 is 9.73 Å². The number of nitriles is 1. The van der Waals surface area contributed by atoms with Gasteiger partial charge in [0.05, 0.1) is 0 Å². The van der Waals surface area contributed by atoms with E-state index < -0.39 is 0 Å². The molecule has 0 aliphatic heterocycles. The molecule has 6 heteroatoms. The van der Waals surface area contributed by atoms with Gasteiger partial charge in [0.2, 0.25) is 0 Å². The number of furan rings is 1. The molecule has 0 saturated carbocycles. The SMILES string of the molecule is Cc1ccc(Nc2cc(NC#N)ncn2)o1. The lowest BCUT2D eigenvalue weighted by Gasteiger charge is -2.02. The molecule has 2 N–H and O–H groups in total. The summed E-state index contributed by atoms with van der Waals surface area (Å²) in [6.07, 6.45) is 3.15. The van der Waals surface area contributed by atoms with Crippen molar-refractivity contribution in [3.63, 3.8) is 0 Å². The number of hydrogen-bond donors (Lipinski definition) is 2. The summed E-state index contributed by atoms with van der Waals surface area (Å²) in [6, 6.07) is 5.26. The van der Waals surface area contributed by atoms with Crippen molar-refractivity contribution in [2.45, 2.75) is 6.92 Å². The van der Waals surface area contributed by atoms with Crippen LogP contribution >= 0.6 is 0 Å². The van der Waals surface area contributed by atoms with E-state index in [1.54, 1.807) is 18.3 Å². The molecule has 80 valence electrons. The topological polar surface area (TPSA) is 86.8 Å². The minimum Gasteiger partial charge on any atom is -0.446 e. The molecule has 0 radical (unpaired) electrons. The lowest BCUT2D eigenvalue weighted by molar-refractivity contribution is 0.551. The van der Waals surface area contributed by atoms with E-state index in [4.69, 9.17) is 9.68 Å². The minimum absolute atomic E-state index is 0.434. The quantitative estimate of drug-likeness (QED) is 0.601. The molecule has 0 aliphatic rings. The van der Waals surface area contributed by atoms with Gasteiger partial charge in [-0.15, -0.1) is 0 Å². The molecule has 2 aromatic rings. The van der Waals surface area contributed by atoms with Gasteiger partial charge in [0.15, 0.2) is 12.1 Å². The Morgan fingerprint density at radius 1 is 1.31 bits per heavy atom. The highest BCUT2D eigenvalue weighted by atomic mass is 16.4. The first-order valence-electron chi connectivity index (χ1n) is 4.58. The number of nitrogens with one attached hydrogen (secondary N) is 2. The highest BCUT2D eigenvalue weighted by Gasteiger charge is 2.01. The number of hydrogen-bond acceptors (Lipinski definition) is 6. The molecule has 0 bridgehead atoms. The molecule has 6 nitrogen and oxygen atoms in total. The summed E-state index contributed by atoms with van der Waals surface area (Å²) < 4.78 is 5.33. The molecule has 0 unspecified atom stereocenters. The fraction of sp³-hybridized carbons (Fsp3) is 0.100. The van der Waals surface area contributed by atoms with Crippen LogP contribution in [0.15, 0.2) is 28.9 Å². The van der Waals surface area contributed by atoms with Crippen molar-refractivity contribution >= 4 is 17.5 Å². The van der Waals surface area contributed by atoms with Crippen LogP contribution in [-0.2, 0) is 0 Å². The average molecular weight is 215 g/mol. The van der Waals surface area contributed by atoms with Crippen LogP contribution in [0.1, 0.15) is 5.76 Å². The van der Waals surface area contributed by atoms with Gasteiger partial charge in [-0.2, -0.15) is 5.26 Å². The average Bonchev–Trinajstić information content (AvgIpc) is 2.65. The van der Waals surface area contributed by atoms with E-state index in [2.05, 4.69) is 20.6 Å². The molecule has 0 spiro atoms. The Balaban J connectivity index is 2.15. The van der Waals surface area contributed by atoms with E-state index >= 15 is 0 Å². The Labute approximate surface area is 91.9 Å². The van der Waals surface area contributed by atoms with Gasteiger partial charge in [-0.3, -0.25) is 5.32 Å². The van der Waals surface area contributed by atoms with E-state index in [1.165, 1.54) is 6.33 Å². The largest absolute Gasteiger partial charge is 0.446 e. The third-order valence-corrected chi connectivity index (χ3v) is 1.84. The number of aryl methyl sites for hydroxylation is 1. The van der Waals surface area contributed by atoms with Crippen LogP contribution in [0.2, 0.25) is 0 Å². The molecule has 2 rings (SSSR count). The monoisotopic (exact) mass is 215 g/mol. The molecule has 16 heavy (non-hydrogen) atoms. The third-order valence-electron chi connectivity index (χ3n) is 1.84. The number of aromatic nitrogens is 2. The van der Waals surface area contributed by atoms with E-state index in [0.717, 1.165) is 5.76 Å². The summed E-state index contributed by atoms with van der Waals surface area (Å²) in [5.41, 5.74) is 0. The highest BCUT2D eigenvalue weighted by Crippen LogP contribution is 2.18. The van der Waals surface area contributed by atoms with Gasteiger partial charge in [0.1, 0.15) is 23.7 Å². The van der Waals surface area contributed by atoms with Gasteiger partial charge >= 0.3 is 0 Å². The Bertz CT molecular complexity index is 528. The normalized spacial score (nSPS) is 9.50. The number of nitrogens with zero attached hydrogens (tertiary/aromatic N) is 3. The second-order valence-corrected chi connectivity index (χ2v) is 3.06. The van der Waals surface area contributed by atoms with Crippen LogP contribution in [0.3, 0.4) is 0 Å². The molecule has 0 saturated heterocycles. The molecular formula is C10H9N5O. The van der Waals surface area contributed by atoms with Crippen LogP contribution < -0.4 is 10.6 Å². The molecule has 0 aliphatic carbocycles. The Hall–Kier alpha value is -2.55. The van der Waals surface area contributed by atoms with Crippen LogP contribution in [0, 0.1) is 18.4 Å². The Morgan fingerprint density at radius 3 is 2.81 bits per heavy atom. The maximum atomic E-state index is 8.44. The van der Waals surface area contributed by atoms with Gasteiger partial charge in [-0.05, 0) is 13.0 Å². The maximum Gasteiger partial charge on any atom is 0.198 e. The Morgan fingerprint density at radius 2 is 2.12 bits per heavy atom. The fourth-order valence-corrected chi connectivity index (χ4v) is 1.18. The lowest BCUT2D eigenvalue weighted by Crippen LogP contribution is -1.96. The molecule has 0 amide bonds. The summed E-state index contributed by atoms with van der Waals surface area (Å²) in [7, 11) is 0. The van der Waals surface area contributed by atoms with Crippen molar-refractivity contribution in [2.75, 3.05) is 10.6 Å². The van der Waals surface area contributed by atoms with Crippen LogP contribution in [0.5, 0.6) is 0 Å². The maximum absolute atomic E-state index is 8.44. The molecular weight excluding hydrogens is 206 g/mol. The zero-order chi connectivity index (χ0) is 11.4. The molecule has 2 heterocycles. The standard InChI is InChI=1S/C10H9N5O/c1-7-2-3-10(16-7)15-9-4-8(12-5-11)13-6-14-9/h2-4,6H,1H3,(H2,12,13,14,15). The van der Waals surface area contributed by atoms with Crippen molar-refractivity contribution in [3.05, 3.63) is 30.3 Å². The molecule has 0 fully saturated rings. The first-order chi connectivity index (χ1) is 7.78. The first kappa shape index (κ1) is 9.98. The Kier molecular flexibility index (Phi) is 2.69. The van der Waals surface area contributed by atoms with E-state index in [-0.39, 0.29) is 0 Å². The van der Waals surface area contributed by atoms with Crippen molar-refractivity contribution in [3.8, 4) is 6.19 Å². The summed E-state index contributed by atoms with van der Waals surface area (Å²) in [6.45, 7) is 1.85. The summed E-state index contributed by atoms with van der Waals surface area (Å²) in [4.78, 5) is 7.86. The first-order valence-corrected chi connectivity index (χ1v) is 4.58. The minimum atomic E-state index is 0.434. The third kappa shape index (κ3) is 2.27. The fourth-order valence-electron chi connectivity index (χ4n) is 1.18. The zero-order valence-corrected chi connectivity index (χ0v) is 8.56. The summed E-state index contributed by atoms with van der Waals surface area (Å²) in [5.74, 6) is 2.40. The van der Waals surface area contributed by atoms with Crippen LogP contribution in [0.4, 0.5) is 17.5 Å². The van der Waals surface area contributed by atoms with Gasteiger partial charge in [-0.1, -0.05) is 0 Å². The molecule has 0 aromatic carbocycles. The van der Waals surface area contributed by atoms with Crippen LogP contribution in [0.25, 0.3) is 0 Å². The van der Waals surface area contributed by atoms with E-state index in [1.807, 2.05) is 13.0 Å². The predicted octanol–water partition coefficient (Wildman–Crippen LogP) is 2.01. The summed E-state index contributed by atoms with van der Waals surface area (Å²) >= 11 is 0. The molecule has 2 aromatic heterocycles. The lowest BCUT2D eigenvalue weighted by atomic mass is 10.5. The van der Waals surface area contributed by atoms with Gasteiger partial charge in [0, 0.05) is 12.1 Å². The van der Waals surface area contributed by atoms with Gasteiger partial charge in [0.25, 0.3) is 0 Å². The summed E-state index contributed by atoms with van der Waals surface area (Å²) in [5, 5.41) is 13.8. The van der Waals surface area contributed by atoms with Crippen LogP contribution in [-0.4, -0.2) is 9.97 Å². The second-order valence-electron chi connectivity index (χ2n) is 3.06. The van der Waals surface area contributed by atoms with Crippen molar-refractivity contribution in [1.82, 2.24) is 9.97 Å². The number of anilines is 3. The second kappa shape index (κ2) is 4.31. The van der Waals surface area contributed by atoms with Crippen molar-refractivity contribution < 1.29 is 4.42 Å². The predicted molar refractivity (Wildman–Crippen MR) is 58.0 cm³/mol. The van der Waals surface area contributed by atoms with Gasteiger partial charge in [-0.25, -0.2) is 9.97 Å². The zero-order valence-electron chi connectivity index (χ0n) is 8.56. The van der Waals surface area contributed by atoms with E-state index in [9.17, 15) is 0 Å². The van der Waals surface area contributed by atoms with Crippen molar-refractivity contribution in [1.29, 1.82) is 5.26 Å². The smallest absolute Gasteiger partial charge is 0.198 e. The number of rotatable bonds is 3.